The first kappa shape index (κ1) is 20.5. The zero-order valence-electron chi connectivity index (χ0n) is 17.3. The van der Waals surface area contributed by atoms with Crippen LogP contribution in [0, 0.1) is 6.92 Å². The van der Waals surface area contributed by atoms with Crippen molar-refractivity contribution in [1.82, 2.24) is 29.9 Å². The van der Waals surface area contributed by atoms with Crippen LogP contribution in [0.5, 0.6) is 0 Å². The highest BCUT2D eigenvalue weighted by Crippen LogP contribution is 2.29. The Bertz CT molecular complexity index is 1560. The molecular weight excluding hydrogens is 442 g/mol. The van der Waals surface area contributed by atoms with Gasteiger partial charge in [-0.05, 0) is 42.1 Å². The van der Waals surface area contributed by atoms with Crippen molar-refractivity contribution in [1.29, 1.82) is 0 Å². The predicted molar refractivity (Wildman–Crippen MR) is 125 cm³/mol. The first-order valence-electron chi connectivity index (χ1n) is 9.93. The number of H-pyrrole nitrogens is 1. The number of fused-ring (bicyclic) bond motifs is 1. The van der Waals surface area contributed by atoms with Crippen molar-refractivity contribution in [2.24, 2.45) is 0 Å². The molecule has 0 spiro atoms. The fraction of sp³-hybridized carbons (Fsp3) is 0.0435. The van der Waals surface area contributed by atoms with Crippen LogP contribution in [0.3, 0.4) is 0 Å². The summed E-state index contributed by atoms with van der Waals surface area (Å²) in [7, 11) is 0. The second-order valence-electron chi connectivity index (χ2n) is 7.21. The zero-order valence-corrected chi connectivity index (χ0v) is 18.0. The third-order valence-corrected chi connectivity index (χ3v) is 5.48. The van der Waals surface area contributed by atoms with Crippen LogP contribution in [-0.2, 0) is 0 Å². The molecule has 5 aromatic rings. The molecule has 1 amide bonds. The van der Waals surface area contributed by atoms with Gasteiger partial charge in [-0.2, -0.15) is 10.2 Å². The molecule has 162 valence electrons. The molecule has 9 nitrogen and oxygen atoms in total. The third-order valence-electron chi connectivity index (χ3n) is 5.21. The van der Waals surface area contributed by atoms with Crippen molar-refractivity contribution in [2.45, 2.75) is 6.92 Å². The summed E-state index contributed by atoms with van der Waals surface area (Å²) in [6.07, 6.45) is 7.68. The summed E-state index contributed by atoms with van der Waals surface area (Å²) in [5.41, 5.74) is 2.76. The van der Waals surface area contributed by atoms with Crippen molar-refractivity contribution in [3.8, 4) is 17.1 Å². The van der Waals surface area contributed by atoms with E-state index in [0.29, 0.717) is 33.7 Å². The number of anilines is 1. The van der Waals surface area contributed by atoms with Gasteiger partial charge in [0, 0.05) is 28.9 Å². The molecule has 0 aliphatic heterocycles. The fourth-order valence-electron chi connectivity index (χ4n) is 3.65. The number of nitrogens with zero attached hydrogens (tertiary/aromatic N) is 5. The second kappa shape index (κ2) is 8.29. The van der Waals surface area contributed by atoms with Gasteiger partial charge in [0.2, 0.25) is 0 Å². The van der Waals surface area contributed by atoms with Gasteiger partial charge in [-0.15, -0.1) is 4.80 Å². The van der Waals surface area contributed by atoms with Crippen LogP contribution < -0.4 is 10.9 Å². The largest absolute Gasteiger partial charge is 0.329 e. The minimum Gasteiger partial charge on any atom is -0.329 e. The Morgan fingerprint density at radius 1 is 1.06 bits per heavy atom. The van der Waals surface area contributed by atoms with E-state index >= 15 is 0 Å². The average Bonchev–Trinajstić information content (AvgIpc) is 3.34. The lowest BCUT2D eigenvalue weighted by molar-refractivity contribution is 0.102. The predicted octanol–water partition coefficient (Wildman–Crippen LogP) is 3.78. The van der Waals surface area contributed by atoms with Gasteiger partial charge < -0.3 is 10.3 Å². The lowest BCUT2D eigenvalue weighted by Gasteiger charge is -2.13. The van der Waals surface area contributed by atoms with Crippen LogP contribution in [-0.4, -0.2) is 35.9 Å². The van der Waals surface area contributed by atoms with Crippen LogP contribution in [0.25, 0.3) is 27.8 Å². The van der Waals surface area contributed by atoms with Gasteiger partial charge in [-0.1, -0.05) is 23.7 Å². The molecule has 2 N–H and O–H groups in total. The number of carbonyl (C=O) groups excluding carboxylic acids is 1. The standard InChI is InChI=1S/C23H16ClN7O2/c1-13-15(23(33)30-14-11-19(24)21(27-12-14)31-28-9-10-29-31)5-7-25-20(13)17-3-2-4-18-16(17)6-8-26-22(18)32/h2-12H,1H3,(H,26,32)(H,30,33). The third kappa shape index (κ3) is 3.74. The molecule has 5 rings (SSSR count). The normalized spacial score (nSPS) is 11.0. The maximum Gasteiger partial charge on any atom is 0.256 e. The molecular formula is C23H16ClN7O2. The maximum atomic E-state index is 13.1. The van der Waals surface area contributed by atoms with Gasteiger partial charge in [0.25, 0.3) is 11.5 Å². The minimum atomic E-state index is -0.336. The fourth-order valence-corrected chi connectivity index (χ4v) is 3.89. The highest BCUT2D eigenvalue weighted by molar-refractivity contribution is 6.32. The van der Waals surface area contributed by atoms with Crippen LogP contribution in [0.15, 0.2) is 72.2 Å². The van der Waals surface area contributed by atoms with Gasteiger partial charge in [-0.25, -0.2) is 4.98 Å². The number of aromatic amines is 1. The molecule has 0 fully saturated rings. The van der Waals surface area contributed by atoms with Gasteiger partial charge in [0.15, 0.2) is 5.82 Å². The van der Waals surface area contributed by atoms with Crippen molar-refractivity contribution in [3.05, 3.63) is 93.9 Å². The van der Waals surface area contributed by atoms with Crippen LogP contribution in [0.1, 0.15) is 15.9 Å². The summed E-state index contributed by atoms with van der Waals surface area (Å²) >= 11 is 6.30. The van der Waals surface area contributed by atoms with E-state index in [0.717, 1.165) is 10.9 Å². The molecule has 4 heterocycles. The van der Waals surface area contributed by atoms with Crippen molar-refractivity contribution in [3.63, 3.8) is 0 Å². The average molecular weight is 458 g/mol. The number of pyridine rings is 3. The number of benzene rings is 1. The van der Waals surface area contributed by atoms with E-state index in [-0.39, 0.29) is 16.5 Å². The van der Waals surface area contributed by atoms with Crippen LogP contribution in [0.2, 0.25) is 5.02 Å². The van der Waals surface area contributed by atoms with E-state index in [1.54, 1.807) is 36.7 Å². The SMILES string of the molecule is Cc1c(C(=O)Nc2cnc(-n3nccn3)c(Cl)c2)ccnc1-c1cccc2c(=O)[nH]ccc12. The number of aromatic nitrogens is 6. The number of hydrogen-bond donors (Lipinski definition) is 2. The van der Waals surface area contributed by atoms with Crippen molar-refractivity contribution >= 4 is 34.0 Å². The summed E-state index contributed by atoms with van der Waals surface area (Å²) in [6.45, 7) is 1.82. The molecule has 0 atom stereocenters. The Balaban J connectivity index is 1.49. The number of halogens is 1. The number of carbonyl (C=O) groups is 1. The molecule has 0 saturated carbocycles. The number of amides is 1. The highest BCUT2D eigenvalue weighted by atomic mass is 35.5. The van der Waals surface area contributed by atoms with Crippen molar-refractivity contribution < 1.29 is 4.79 Å². The van der Waals surface area contributed by atoms with Crippen LogP contribution >= 0.6 is 11.6 Å². The maximum absolute atomic E-state index is 13.1. The molecule has 0 saturated heterocycles. The molecule has 0 unspecified atom stereocenters. The Labute approximate surface area is 192 Å². The smallest absolute Gasteiger partial charge is 0.256 e. The van der Waals surface area contributed by atoms with Gasteiger partial charge in [0.1, 0.15) is 0 Å². The topological polar surface area (TPSA) is 118 Å². The van der Waals surface area contributed by atoms with Gasteiger partial charge >= 0.3 is 0 Å². The zero-order chi connectivity index (χ0) is 22.9. The molecule has 0 bridgehead atoms. The summed E-state index contributed by atoms with van der Waals surface area (Å²) < 4.78 is 0. The van der Waals surface area contributed by atoms with E-state index in [1.165, 1.54) is 23.4 Å². The summed E-state index contributed by atoms with van der Waals surface area (Å²) in [5.74, 6) is 0.0186. The Morgan fingerprint density at radius 2 is 1.88 bits per heavy atom. The first-order valence-corrected chi connectivity index (χ1v) is 10.3. The summed E-state index contributed by atoms with van der Waals surface area (Å²) in [5, 5.41) is 12.4. The lowest BCUT2D eigenvalue weighted by atomic mass is 9.97. The summed E-state index contributed by atoms with van der Waals surface area (Å²) in [4.78, 5) is 38.0. The molecule has 1 aromatic carbocycles. The molecule has 10 heteroatoms. The van der Waals surface area contributed by atoms with E-state index < -0.39 is 0 Å². The lowest BCUT2D eigenvalue weighted by Crippen LogP contribution is -2.15. The number of rotatable bonds is 4. The van der Waals surface area contributed by atoms with E-state index in [2.05, 4.69) is 30.5 Å². The van der Waals surface area contributed by atoms with Crippen molar-refractivity contribution in [2.75, 3.05) is 5.32 Å². The molecule has 0 radical (unpaired) electrons. The monoisotopic (exact) mass is 457 g/mol. The van der Waals surface area contributed by atoms with E-state index in [4.69, 9.17) is 11.6 Å². The highest BCUT2D eigenvalue weighted by Gasteiger charge is 2.17. The number of hydrogen-bond acceptors (Lipinski definition) is 6. The Kier molecular flexibility index (Phi) is 5.15. The van der Waals surface area contributed by atoms with Gasteiger partial charge in [-0.3, -0.25) is 14.6 Å². The quantitative estimate of drug-likeness (QED) is 0.424. The Hall–Kier alpha value is -4.37. The van der Waals surface area contributed by atoms with Crippen LogP contribution in [0.4, 0.5) is 5.69 Å². The molecule has 0 aliphatic rings. The molecule has 33 heavy (non-hydrogen) atoms. The first-order chi connectivity index (χ1) is 16.0. The molecule has 0 aliphatic carbocycles. The van der Waals surface area contributed by atoms with E-state index in [1.807, 2.05) is 19.1 Å². The van der Waals surface area contributed by atoms with Gasteiger partial charge in [0.05, 0.1) is 35.0 Å². The minimum absolute atomic E-state index is 0.181. The summed E-state index contributed by atoms with van der Waals surface area (Å²) in [6, 6.07) is 10.5. The second-order valence-corrected chi connectivity index (χ2v) is 7.61. The Morgan fingerprint density at radius 3 is 2.67 bits per heavy atom. The molecule has 4 aromatic heterocycles. The van der Waals surface area contributed by atoms with E-state index in [9.17, 15) is 9.59 Å². The number of nitrogens with one attached hydrogen (secondary N) is 2.